The van der Waals surface area contributed by atoms with E-state index in [2.05, 4.69) is 4.98 Å². The lowest BCUT2D eigenvalue weighted by Crippen LogP contribution is -2.35. The number of carboxylic acids is 2. The Morgan fingerprint density at radius 1 is 0.951 bits per heavy atom. The van der Waals surface area contributed by atoms with E-state index in [4.69, 9.17) is 38.1 Å². The number of aromatic nitrogens is 1. The highest BCUT2D eigenvalue weighted by molar-refractivity contribution is 7.20. The van der Waals surface area contributed by atoms with Crippen LogP contribution in [0, 0.1) is 0 Å². The number of anilines is 1. The van der Waals surface area contributed by atoms with Crippen LogP contribution in [-0.4, -0.2) is 51.7 Å². The first-order chi connectivity index (χ1) is 19.2. The van der Waals surface area contributed by atoms with Crippen molar-refractivity contribution in [1.82, 2.24) is 4.98 Å². The van der Waals surface area contributed by atoms with Gasteiger partial charge in [-0.05, 0) is 42.0 Å². The Kier molecular flexibility index (Phi) is 11.7. The second-order valence-electron chi connectivity index (χ2n) is 7.80. The highest BCUT2D eigenvalue weighted by Crippen LogP contribution is 2.27. The third-order valence-electron chi connectivity index (χ3n) is 4.84. The van der Waals surface area contributed by atoms with Gasteiger partial charge in [-0.1, -0.05) is 48.0 Å². The largest absolute Gasteiger partial charge is 0.490 e. The summed E-state index contributed by atoms with van der Waals surface area (Å²) in [5.41, 5.74) is 13.1. The number of rotatable bonds is 6. The standard InChI is InChI=1S/C16H16N2O3.C8H5ClN2OS.C2HF3O2/c17-10-12-5-4-6-13(9-12)16(21)18(11-15(19)20)14-7-2-1-3-8-14;9-4-2-1-3-5-6(4)11-8(13-5)7(10)12;3-2(4,5)1(6)7/h1-9H,10-11,17H2,(H,19,20);1-3H,(H2,10,12);(H,6,7). The van der Waals surface area contributed by atoms with Crippen LogP contribution in [0.1, 0.15) is 25.7 Å². The summed E-state index contributed by atoms with van der Waals surface area (Å²) in [4.78, 5) is 48.6. The van der Waals surface area contributed by atoms with Gasteiger partial charge >= 0.3 is 18.1 Å². The Labute approximate surface area is 239 Å². The average molecular weight is 611 g/mol. The molecule has 1 aromatic heterocycles. The number of aliphatic carboxylic acids is 2. The molecule has 0 unspecified atom stereocenters. The van der Waals surface area contributed by atoms with Crippen molar-refractivity contribution in [2.45, 2.75) is 12.7 Å². The molecule has 4 aromatic rings. The summed E-state index contributed by atoms with van der Waals surface area (Å²) in [6, 6.07) is 21.0. The van der Waals surface area contributed by atoms with E-state index < -0.39 is 30.6 Å². The lowest BCUT2D eigenvalue weighted by molar-refractivity contribution is -0.192. The molecule has 0 radical (unpaired) electrons. The van der Waals surface area contributed by atoms with Crippen LogP contribution in [0.3, 0.4) is 0 Å². The van der Waals surface area contributed by atoms with E-state index in [1.807, 2.05) is 24.3 Å². The number of benzene rings is 3. The van der Waals surface area contributed by atoms with Crippen molar-refractivity contribution in [3.63, 3.8) is 0 Å². The molecule has 0 aliphatic heterocycles. The van der Waals surface area contributed by atoms with E-state index in [9.17, 15) is 27.6 Å². The van der Waals surface area contributed by atoms with Gasteiger partial charge in [-0.3, -0.25) is 19.3 Å². The van der Waals surface area contributed by atoms with Crippen LogP contribution in [0.2, 0.25) is 5.02 Å². The number of nitrogens with zero attached hydrogens (tertiary/aromatic N) is 2. The maximum atomic E-state index is 12.6. The van der Waals surface area contributed by atoms with Gasteiger partial charge in [-0.15, -0.1) is 11.3 Å². The molecule has 15 heteroatoms. The first-order valence-electron chi connectivity index (χ1n) is 11.3. The van der Waals surface area contributed by atoms with Crippen molar-refractivity contribution < 1.29 is 42.6 Å². The molecule has 6 N–H and O–H groups in total. The zero-order valence-electron chi connectivity index (χ0n) is 20.8. The van der Waals surface area contributed by atoms with E-state index in [1.54, 1.807) is 48.5 Å². The monoisotopic (exact) mass is 610 g/mol. The van der Waals surface area contributed by atoms with Crippen LogP contribution in [0.15, 0.2) is 72.8 Å². The first-order valence-corrected chi connectivity index (χ1v) is 12.5. The molecule has 0 saturated heterocycles. The molecule has 10 nitrogen and oxygen atoms in total. The summed E-state index contributed by atoms with van der Waals surface area (Å²) < 4.78 is 32.6. The van der Waals surface area contributed by atoms with Crippen molar-refractivity contribution >= 4 is 62.6 Å². The van der Waals surface area contributed by atoms with Crippen LogP contribution in [0.5, 0.6) is 0 Å². The van der Waals surface area contributed by atoms with Gasteiger partial charge in [0, 0.05) is 17.8 Å². The minimum absolute atomic E-state index is 0.295. The molecule has 2 amide bonds. The normalized spacial score (nSPS) is 10.5. The second kappa shape index (κ2) is 14.7. The zero-order valence-corrected chi connectivity index (χ0v) is 22.4. The zero-order chi connectivity index (χ0) is 30.7. The number of halogens is 4. The molecule has 0 saturated carbocycles. The van der Waals surface area contributed by atoms with Gasteiger partial charge in [0.05, 0.1) is 9.72 Å². The number of nitrogens with two attached hydrogens (primary N) is 2. The minimum Gasteiger partial charge on any atom is -0.480 e. The van der Waals surface area contributed by atoms with Crippen molar-refractivity contribution in [1.29, 1.82) is 0 Å². The molecule has 0 fully saturated rings. The molecular formula is C26H22ClF3N4O6S. The van der Waals surface area contributed by atoms with E-state index in [1.165, 1.54) is 16.2 Å². The van der Waals surface area contributed by atoms with Gasteiger partial charge in [-0.25, -0.2) is 9.78 Å². The number of para-hydroxylation sites is 2. The molecule has 0 bridgehead atoms. The molecule has 216 valence electrons. The third-order valence-corrected chi connectivity index (χ3v) is 6.18. The summed E-state index contributed by atoms with van der Waals surface area (Å²) in [6.07, 6.45) is -5.08. The molecule has 41 heavy (non-hydrogen) atoms. The SMILES string of the molecule is NC(=O)c1nc2c(Cl)cccc2s1.NCc1cccc(C(=O)N(CC(=O)O)c2ccccc2)c1.O=C(O)C(F)(F)F. The van der Waals surface area contributed by atoms with Gasteiger partial charge in [0.2, 0.25) is 0 Å². The number of amides is 2. The number of fused-ring (bicyclic) bond motifs is 1. The van der Waals surface area contributed by atoms with Crippen LogP contribution in [-0.2, 0) is 16.1 Å². The number of thiazole rings is 1. The quantitative estimate of drug-likeness (QED) is 0.245. The van der Waals surface area contributed by atoms with Gasteiger partial charge in [0.25, 0.3) is 11.8 Å². The molecule has 0 aliphatic carbocycles. The van der Waals surface area contributed by atoms with Crippen molar-refractivity contribution in [3.8, 4) is 0 Å². The number of alkyl halides is 3. The number of hydrogen-bond acceptors (Lipinski definition) is 7. The van der Waals surface area contributed by atoms with Crippen molar-refractivity contribution in [3.05, 3.63) is 94.0 Å². The number of hydrogen-bond donors (Lipinski definition) is 4. The number of carbonyl (C=O) groups is 4. The molecule has 3 aromatic carbocycles. The molecular weight excluding hydrogens is 589 g/mol. The third kappa shape index (κ3) is 9.86. The van der Waals surface area contributed by atoms with Crippen molar-refractivity contribution in [2.24, 2.45) is 11.5 Å². The Morgan fingerprint density at radius 2 is 1.56 bits per heavy atom. The highest BCUT2D eigenvalue weighted by Gasteiger charge is 2.38. The van der Waals surface area contributed by atoms with E-state index in [0.29, 0.717) is 33.3 Å². The fraction of sp³-hybridized carbons (Fsp3) is 0.115. The predicted octanol–water partition coefficient (Wildman–Crippen LogP) is 4.56. The summed E-state index contributed by atoms with van der Waals surface area (Å²) in [7, 11) is 0. The Balaban J connectivity index is 0.000000249. The lowest BCUT2D eigenvalue weighted by Gasteiger charge is -2.21. The minimum atomic E-state index is -5.08. The number of carboxylic acid groups (broad SMARTS) is 2. The van der Waals surface area contributed by atoms with Gasteiger partial charge in [-0.2, -0.15) is 13.2 Å². The number of primary amides is 1. The summed E-state index contributed by atoms with van der Waals surface area (Å²) in [6.45, 7) is -0.0684. The highest BCUT2D eigenvalue weighted by atomic mass is 35.5. The fourth-order valence-electron chi connectivity index (χ4n) is 3.03. The predicted molar refractivity (Wildman–Crippen MR) is 147 cm³/mol. The fourth-order valence-corrected chi connectivity index (χ4v) is 4.15. The molecule has 4 rings (SSSR count). The van der Waals surface area contributed by atoms with Crippen molar-refractivity contribution in [2.75, 3.05) is 11.4 Å². The van der Waals surface area contributed by atoms with E-state index >= 15 is 0 Å². The van der Waals surface area contributed by atoms with Crippen LogP contribution in [0.4, 0.5) is 18.9 Å². The van der Waals surface area contributed by atoms with E-state index in [-0.39, 0.29) is 5.91 Å². The summed E-state index contributed by atoms with van der Waals surface area (Å²) in [5, 5.41) is 17.0. The smallest absolute Gasteiger partial charge is 0.480 e. The Morgan fingerprint density at radius 3 is 2.07 bits per heavy atom. The van der Waals surface area contributed by atoms with Crippen LogP contribution in [0.25, 0.3) is 10.2 Å². The maximum absolute atomic E-state index is 12.6. The maximum Gasteiger partial charge on any atom is 0.490 e. The van der Waals surface area contributed by atoms with Gasteiger partial charge in [0.1, 0.15) is 12.1 Å². The molecule has 0 spiro atoms. The molecule has 0 aliphatic rings. The Hall–Kier alpha value is -4.53. The molecule has 0 atom stereocenters. The van der Waals surface area contributed by atoms with Gasteiger partial charge < -0.3 is 21.7 Å². The average Bonchev–Trinajstić information content (AvgIpc) is 3.38. The van der Waals surface area contributed by atoms with E-state index in [0.717, 1.165) is 10.3 Å². The number of carbonyl (C=O) groups excluding carboxylic acids is 2. The van der Waals surface area contributed by atoms with Gasteiger partial charge in [0.15, 0.2) is 5.01 Å². The Bertz CT molecular complexity index is 1530. The topological polar surface area (TPSA) is 177 Å². The lowest BCUT2D eigenvalue weighted by atomic mass is 10.1. The summed E-state index contributed by atoms with van der Waals surface area (Å²) >= 11 is 7.12. The first kappa shape index (κ1) is 32.7. The second-order valence-corrected chi connectivity index (χ2v) is 9.24. The van der Waals surface area contributed by atoms with Crippen LogP contribution < -0.4 is 16.4 Å². The summed E-state index contributed by atoms with van der Waals surface area (Å²) in [5.74, 6) is -4.70. The molecule has 1 heterocycles. The van der Waals surface area contributed by atoms with Crippen LogP contribution >= 0.6 is 22.9 Å².